The second-order valence-electron chi connectivity index (χ2n) is 8.90. The van der Waals surface area contributed by atoms with Crippen molar-refractivity contribution in [3.8, 4) is 0 Å². The molecule has 0 aromatic rings. The van der Waals surface area contributed by atoms with Gasteiger partial charge in [-0.1, -0.05) is 20.8 Å². The monoisotopic (exact) mass is 384 g/mol. The number of rotatable bonds is 5. The SMILES string of the molecule is CC.CCC(=O)N1CCC2(CC1)CC(F)(CN1CCC(OC(C)C)CC1)C2. The minimum Gasteiger partial charge on any atom is -0.375 e. The largest absolute Gasteiger partial charge is 0.375 e. The van der Waals surface area contributed by atoms with Gasteiger partial charge in [-0.25, -0.2) is 4.39 Å². The molecular formula is C22H41FN2O2. The van der Waals surface area contributed by atoms with Gasteiger partial charge in [-0.2, -0.15) is 0 Å². The Morgan fingerprint density at radius 2 is 1.67 bits per heavy atom. The first-order valence-corrected chi connectivity index (χ1v) is 11.2. The van der Waals surface area contributed by atoms with E-state index >= 15 is 4.39 Å². The van der Waals surface area contributed by atoms with Crippen molar-refractivity contribution in [3.63, 3.8) is 0 Å². The third-order valence-electron chi connectivity index (χ3n) is 6.37. The van der Waals surface area contributed by atoms with Crippen LogP contribution < -0.4 is 0 Å². The Morgan fingerprint density at radius 3 is 2.15 bits per heavy atom. The molecule has 158 valence electrons. The highest BCUT2D eigenvalue weighted by molar-refractivity contribution is 5.75. The van der Waals surface area contributed by atoms with Crippen LogP contribution in [0.3, 0.4) is 0 Å². The molecule has 5 heteroatoms. The lowest BCUT2D eigenvalue weighted by molar-refractivity contribution is -0.142. The minimum atomic E-state index is -1.01. The van der Waals surface area contributed by atoms with Gasteiger partial charge in [-0.15, -0.1) is 0 Å². The summed E-state index contributed by atoms with van der Waals surface area (Å²) in [6.45, 7) is 14.2. The first-order valence-electron chi connectivity index (χ1n) is 11.2. The molecule has 1 aliphatic carbocycles. The van der Waals surface area contributed by atoms with Gasteiger partial charge in [0, 0.05) is 39.1 Å². The van der Waals surface area contributed by atoms with Crippen LogP contribution in [0.5, 0.6) is 0 Å². The maximum atomic E-state index is 15.2. The summed E-state index contributed by atoms with van der Waals surface area (Å²) in [5.74, 6) is 0.243. The maximum absolute atomic E-state index is 15.2. The average molecular weight is 385 g/mol. The van der Waals surface area contributed by atoms with E-state index in [0.717, 1.165) is 51.9 Å². The Labute approximate surface area is 165 Å². The van der Waals surface area contributed by atoms with E-state index < -0.39 is 5.67 Å². The van der Waals surface area contributed by atoms with E-state index in [9.17, 15) is 4.79 Å². The van der Waals surface area contributed by atoms with Crippen LogP contribution in [0.4, 0.5) is 4.39 Å². The van der Waals surface area contributed by atoms with Crippen molar-refractivity contribution in [2.24, 2.45) is 5.41 Å². The summed E-state index contributed by atoms with van der Waals surface area (Å²) in [7, 11) is 0. The normalized spacial score (nSPS) is 25.1. The molecule has 27 heavy (non-hydrogen) atoms. The van der Waals surface area contributed by atoms with Gasteiger partial charge in [-0.3, -0.25) is 9.69 Å². The second kappa shape index (κ2) is 9.69. The molecule has 2 aliphatic heterocycles. The van der Waals surface area contributed by atoms with Crippen molar-refractivity contribution < 1.29 is 13.9 Å². The molecule has 4 nitrogen and oxygen atoms in total. The lowest BCUT2D eigenvalue weighted by Crippen LogP contribution is -2.59. The standard InChI is InChI=1S/C20H35FN2O2.C2H6/c1-4-18(24)23-11-7-19(8-12-23)13-20(21,14-19)15-22-9-5-17(6-10-22)25-16(2)3;1-2/h16-17H,4-15H2,1-3H3;1-2H3. The van der Waals surface area contributed by atoms with E-state index in [2.05, 4.69) is 18.7 Å². The molecule has 2 saturated heterocycles. The summed E-state index contributed by atoms with van der Waals surface area (Å²) in [5.41, 5.74) is -0.846. The van der Waals surface area contributed by atoms with Gasteiger partial charge in [0.2, 0.25) is 5.91 Å². The number of ether oxygens (including phenoxy) is 1. The van der Waals surface area contributed by atoms with Crippen molar-refractivity contribution >= 4 is 5.91 Å². The predicted octanol–water partition coefficient (Wildman–Crippen LogP) is 4.42. The van der Waals surface area contributed by atoms with Gasteiger partial charge >= 0.3 is 0 Å². The Balaban J connectivity index is 0.00000126. The van der Waals surface area contributed by atoms with Gasteiger partial charge in [0.1, 0.15) is 5.67 Å². The summed E-state index contributed by atoms with van der Waals surface area (Å²) in [4.78, 5) is 16.1. The fourth-order valence-corrected chi connectivity index (χ4v) is 5.20. The number of carbonyl (C=O) groups excluding carboxylic acids is 1. The third kappa shape index (κ3) is 5.90. The van der Waals surface area contributed by atoms with Crippen molar-refractivity contribution in [2.45, 2.75) is 97.4 Å². The Hall–Kier alpha value is -0.680. The highest BCUT2D eigenvalue weighted by Gasteiger charge is 2.56. The molecule has 0 aromatic heterocycles. The molecule has 0 atom stereocenters. The van der Waals surface area contributed by atoms with E-state index in [-0.39, 0.29) is 17.4 Å². The highest BCUT2D eigenvalue weighted by Crippen LogP contribution is 2.57. The van der Waals surface area contributed by atoms with Crippen LogP contribution in [0.1, 0.15) is 79.6 Å². The van der Waals surface area contributed by atoms with Crippen molar-refractivity contribution in [3.05, 3.63) is 0 Å². The smallest absolute Gasteiger partial charge is 0.222 e. The molecule has 0 N–H and O–H groups in total. The Kier molecular flexibility index (Phi) is 8.11. The summed E-state index contributed by atoms with van der Waals surface area (Å²) in [6.07, 6.45) is 6.59. The van der Waals surface area contributed by atoms with Gasteiger partial charge < -0.3 is 9.64 Å². The molecule has 0 radical (unpaired) electrons. The van der Waals surface area contributed by atoms with Crippen LogP contribution in [0, 0.1) is 5.41 Å². The summed E-state index contributed by atoms with van der Waals surface area (Å²) < 4.78 is 21.1. The zero-order valence-electron chi connectivity index (χ0n) is 18.2. The number of likely N-dealkylation sites (tertiary alicyclic amines) is 2. The fourth-order valence-electron chi connectivity index (χ4n) is 5.20. The second-order valence-corrected chi connectivity index (χ2v) is 8.90. The minimum absolute atomic E-state index is 0.165. The molecule has 1 spiro atoms. The molecule has 1 saturated carbocycles. The molecule has 3 fully saturated rings. The first-order chi connectivity index (χ1) is 12.8. The van der Waals surface area contributed by atoms with E-state index in [0.29, 0.717) is 31.9 Å². The number of amides is 1. The van der Waals surface area contributed by atoms with Gasteiger partial charge in [0.25, 0.3) is 0 Å². The van der Waals surface area contributed by atoms with Crippen LogP contribution in [-0.4, -0.2) is 66.3 Å². The lowest BCUT2D eigenvalue weighted by Gasteiger charge is -2.56. The number of halogens is 1. The van der Waals surface area contributed by atoms with Crippen LogP contribution in [0.2, 0.25) is 0 Å². The highest BCUT2D eigenvalue weighted by atomic mass is 19.1. The molecule has 3 aliphatic rings. The van der Waals surface area contributed by atoms with Crippen molar-refractivity contribution in [1.82, 2.24) is 9.80 Å². The fraction of sp³-hybridized carbons (Fsp3) is 0.955. The lowest BCUT2D eigenvalue weighted by atomic mass is 9.55. The number of alkyl halides is 1. The quantitative estimate of drug-likeness (QED) is 0.703. The van der Waals surface area contributed by atoms with Gasteiger partial charge in [-0.05, 0) is 57.8 Å². The molecule has 3 rings (SSSR count). The Bertz CT molecular complexity index is 459. The van der Waals surface area contributed by atoms with Crippen LogP contribution in [0.15, 0.2) is 0 Å². The number of piperidine rings is 2. The van der Waals surface area contributed by atoms with E-state index in [1.807, 2.05) is 25.7 Å². The molecule has 0 unspecified atom stereocenters. The van der Waals surface area contributed by atoms with Gasteiger partial charge in [0.05, 0.1) is 12.2 Å². The van der Waals surface area contributed by atoms with Crippen LogP contribution in [-0.2, 0) is 9.53 Å². The molecular weight excluding hydrogens is 343 g/mol. The number of hydrogen-bond acceptors (Lipinski definition) is 3. The van der Waals surface area contributed by atoms with Crippen LogP contribution in [0.25, 0.3) is 0 Å². The topological polar surface area (TPSA) is 32.8 Å². The van der Waals surface area contributed by atoms with E-state index in [1.165, 1.54) is 0 Å². The average Bonchev–Trinajstić information content (AvgIpc) is 2.63. The van der Waals surface area contributed by atoms with Crippen molar-refractivity contribution in [2.75, 3.05) is 32.7 Å². The maximum Gasteiger partial charge on any atom is 0.222 e. The zero-order valence-corrected chi connectivity index (χ0v) is 18.2. The van der Waals surface area contributed by atoms with E-state index in [4.69, 9.17) is 4.74 Å². The van der Waals surface area contributed by atoms with E-state index in [1.54, 1.807) is 0 Å². The molecule has 2 heterocycles. The third-order valence-corrected chi connectivity index (χ3v) is 6.37. The number of carbonyl (C=O) groups is 1. The van der Waals surface area contributed by atoms with Crippen LogP contribution >= 0.6 is 0 Å². The molecule has 0 bridgehead atoms. The van der Waals surface area contributed by atoms with Crippen molar-refractivity contribution in [1.29, 1.82) is 0 Å². The summed E-state index contributed by atoms with van der Waals surface area (Å²) in [6, 6.07) is 0. The Morgan fingerprint density at radius 1 is 1.11 bits per heavy atom. The predicted molar refractivity (Wildman–Crippen MR) is 109 cm³/mol. The number of hydrogen-bond donors (Lipinski definition) is 0. The molecule has 1 amide bonds. The summed E-state index contributed by atoms with van der Waals surface area (Å²) in [5, 5.41) is 0. The summed E-state index contributed by atoms with van der Waals surface area (Å²) >= 11 is 0. The first kappa shape index (κ1) is 22.6. The number of nitrogens with zero attached hydrogens (tertiary/aromatic N) is 2. The zero-order chi connectivity index (χ0) is 20.1. The molecule has 0 aromatic carbocycles. The van der Waals surface area contributed by atoms with Gasteiger partial charge in [0.15, 0.2) is 0 Å².